The van der Waals surface area contributed by atoms with Crippen molar-refractivity contribution in [3.05, 3.63) is 54.1 Å². The fourth-order valence-corrected chi connectivity index (χ4v) is 5.82. The number of benzene rings is 2. The van der Waals surface area contributed by atoms with Crippen LogP contribution < -0.4 is 4.74 Å². The molecule has 252 valence electrons. The Kier molecular flexibility index (Phi) is 20.9. The Morgan fingerprint density at radius 2 is 1.00 bits per heavy atom. The molecule has 0 atom stereocenters. The van der Waals surface area contributed by atoms with E-state index in [2.05, 4.69) is 37.9 Å². The third-order valence-corrected chi connectivity index (χ3v) is 9.26. The molecular weight excluding hydrogens is 558 g/mol. The maximum Gasteiger partial charge on any atom is 0.338 e. The number of rotatable bonds is 27. The Morgan fingerprint density at radius 1 is 0.556 bits per heavy atom. The minimum Gasteiger partial charge on any atom is -0.494 e. The SMILES string of the molecule is CCCCCCCCCCCCCCCCOC(=O)c1ccc(N=Nc2ccc(OCCCC[N+](CC)(CC)CC)cc2)cc1. The average molecular weight is 623 g/mol. The van der Waals surface area contributed by atoms with Crippen LogP contribution in [0.1, 0.15) is 141 Å². The molecule has 0 bridgehead atoms. The number of ether oxygens (including phenoxy) is 2. The molecule has 6 nitrogen and oxygen atoms in total. The van der Waals surface area contributed by atoms with Crippen LogP contribution in [0.3, 0.4) is 0 Å². The minimum atomic E-state index is -0.275. The second-order valence-corrected chi connectivity index (χ2v) is 12.5. The number of hydrogen-bond donors (Lipinski definition) is 0. The lowest BCUT2D eigenvalue weighted by molar-refractivity contribution is -0.923. The molecule has 0 fully saturated rings. The minimum absolute atomic E-state index is 0.275. The van der Waals surface area contributed by atoms with Crippen molar-refractivity contribution in [2.45, 2.75) is 130 Å². The Hall–Kier alpha value is -2.73. The number of hydrogen-bond acceptors (Lipinski definition) is 5. The van der Waals surface area contributed by atoms with Crippen LogP contribution >= 0.6 is 0 Å². The van der Waals surface area contributed by atoms with E-state index in [1.807, 2.05) is 24.3 Å². The fraction of sp³-hybridized carbons (Fsp3) is 0.667. The van der Waals surface area contributed by atoms with Gasteiger partial charge in [0.25, 0.3) is 0 Å². The van der Waals surface area contributed by atoms with Crippen molar-refractivity contribution in [2.24, 2.45) is 10.2 Å². The molecule has 0 saturated heterocycles. The molecule has 0 aliphatic rings. The van der Waals surface area contributed by atoms with Crippen molar-refractivity contribution in [3.8, 4) is 5.75 Å². The highest BCUT2D eigenvalue weighted by atomic mass is 16.5. The van der Waals surface area contributed by atoms with Crippen molar-refractivity contribution < 1.29 is 18.8 Å². The first-order valence-corrected chi connectivity index (χ1v) is 18.3. The van der Waals surface area contributed by atoms with E-state index in [-0.39, 0.29) is 5.97 Å². The second kappa shape index (κ2) is 24.5. The van der Waals surface area contributed by atoms with Crippen LogP contribution in [0.4, 0.5) is 11.4 Å². The van der Waals surface area contributed by atoms with Crippen LogP contribution in [0.15, 0.2) is 58.8 Å². The van der Waals surface area contributed by atoms with Crippen molar-refractivity contribution >= 4 is 17.3 Å². The van der Waals surface area contributed by atoms with Gasteiger partial charge in [-0.3, -0.25) is 0 Å². The fourth-order valence-electron chi connectivity index (χ4n) is 5.82. The van der Waals surface area contributed by atoms with Crippen LogP contribution in [-0.4, -0.2) is 49.8 Å². The monoisotopic (exact) mass is 622 g/mol. The molecule has 0 saturated carbocycles. The Balaban J connectivity index is 1.54. The number of azo groups is 1. The quantitative estimate of drug-likeness (QED) is 0.0431. The molecular formula is C39H64N3O3+. The van der Waals surface area contributed by atoms with Gasteiger partial charge < -0.3 is 14.0 Å². The molecule has 0 aliphatic heterocycles. The van der Waals surface area contributed by atoms with E-state index < -0.39 is 0 Å². The van der Waals surface area contributed by atoms with Crippen molar-refractivity contribution in [1.82, 2.24) is 0 Å². The summed E-state index contributed by atoms with van der Waals surface area (Å²) in [6.07, 6.45) is 20.6. The Labute approximate surface area is 275 Å². The van der Waals surface area contributed by atoms with Crippen LogP contribution in [0.25, 0.3) is 0 Å². The summed E-state index contributed by atoms with van der Waals surface area (Å²) in [4.78, 5) is 12.4. The Bertz CT molecular complexity index is 1020. The maximum atomic E-state index is 12.4. The van der Waals surface area contributed by atoms with Gasteiger partial charge in [-0.05, 0) is 88.6 Å². The Morgan fingerprint density at radius 3 is 1.49 bits per heavy atom. The van der Waals surface area contributed by atoms with E-state index in [1.54, 1.807) is 24.3 Å². The summed E-state index contributed by atoms with van der Waals surface area (Å²) in [5.41, 5.74) is 2.00. The van der Waals surface area contributed by atoms with E-state index in [0.29, 0.717) is 17.9 Å². The van der Waals surface area contributed by atoms with Crippen molar-refractivity contribution in [3.63, 3.8) is 0 Å². The highest BCUT2D eigenvalue weighted by molar-refractivity contribution is 5.89. The largest absolute Gasteiger partial charge is 0.494 e. The van der Waals surface area contributed by atoms with Gasteiger partial charge in [-0.15, -0.1) is 0 Å². The zero-order valence-corrected chi connectivity index (χ0v) is 29.2. The highest BCUT2D eigenvalue weighted by Gasteiger charge is 2.19. The molecule has 0 N–H and O–H groups in total. The van der Waals surface area contributed by atoms with E-state index in [0.717, 1.165) is 37.3 Å². The number of carbonyl (C=O) groups is 1. The van der Waals surface area contributed by atoms with Crippen LogP contribution in [-0.2, 0) is 4.74 Å². The molecule has 0 aromatic heterocycles. The van der Waals surface area contributed by atoms with E-state index in [1.165, 1.54) is 114 Å². The second-order valence-electron chi connectivity index (χ2n) is 12.5. The first-order chi connectivity index (χ1) is 22.1. The molecule has 6 heteroatoms. The highest BCUT2D eigenvalue weighted by Crippen LogP contribution is 2.22. The standard InChI is InChI=1S/C39H64N3O3/c1-5-9-10-11-12-13-14-15-16-17-18-19-20-22-34-45-39(43)35-24-26-36(27-25-35)40-41-37-28-30-38(31-29-37)44-33-23-21-32-42(6-2,7-3)8-4/h24-31H,5-23,32-34H2,1-4H3/q+1. The molecule has 2 aromatic carbocycles. The van der Waals surface area contributed by atoms with Gasteiger partial charge in [0.05, 0.1) is 56.3 Å². The summed E-state index contributed by atoms with van der Waals surface area (Å²) in [7, 11) is 0. The van der Waals surface area contributed by atoms with Gasteiger partial charge in [-0.25, -0.2) is 4.79 Å². The summed E-state index contributed by atoms with van der Waals surface area (Å²) in [6.45, 7) is 15.1. The van der Waals surface area contributed by atoms with E-state index in [9.17, 15) is 4.79 Å². The van der Waals surface area contributed by atoms with Gasteiger partial charge in [0.15, 0.2) is 0 Å². The van der Waals surface area contributed by atoms with Crippen LogP contribution in [0, 0.1) is 0 Å². The molecule has 2 aromatic rings. The number of nitrogens with zero attached hydrogens (tertiary/aromatic N) is 3. The first-order valence-electron chi connectivity index (χ1n) is 18.3. The van der Waals surface area contributed by atoms with Crippen molar-refractivity contribution in [1.29, 1.82) is 0 Å². The predicted octanol–water partition coefficient (Wildman–Crippen LogP) is 11.8. The molecule has 0 spiro atoms. The zero-order valence-electron chi connectivity index (χ0n) is 29.2. The van der Waals surface area contributed by atoms with Gasteiger partial charge in [0.2, 0.25) is 0 Å². The summed E-state index contributed by atoms with van der Waals surface area (Å²) in [5, 5.41) is 8.65. The normalized spacial score (nSPS) is 11.7. The predicted molar refractivity (Wildman–Crippen MR) is 189 cm³/mol. The summed E-state index contributed by atoms with van der Waals surface area (Å²) < 4.78 is 12.6. The van der Waals surface area contributed by atoms with Gasteiger partial charge in [0, 0.05) is 0 Å². The van der Waals surface area contributed by atoms with Gasteiger partial charge in [-0.1, -0.05) is 90.4 Å². The summed E-state index contributed by atoms with van der Waals surface area (Å²) >= 11 is 0. The number of esters is 1. The molecule has 0 aliphatic carbocycles. The summed E-state index contributed by atoms with van der Waals surface area (Å²) in [6, 6.07) is 14.8. The summed E-state index contributed by atoms with van der Waals surface area (Å²) in [5.74, 6) is 0.580. The molecule has 0 radical (unpaired) electrons. The van der Waals surface area contributed by atoms with Crippen LogP contribution in [0.5, 0.6) is 5.75 Å². The smallest absolute Gasteiger partial charge is 0.338 e. The number of unbranched alkanes of at least 4 members (excludes halogenated alkanes) is 14. The molecule has 2 rings (SSSR count). The molecule has 0 heterocycles. The third-order valence-electron chi connectivity index (χ3n) is 9.26. The number of quaternary nitrogens is 1. The van der Waals surface area contributed by atoms with E-state index in [4.69, 9.17) is 9.47 Å². The zero-order chi connectivity index (χ0) is 32.4. The average Bonchev–Trinajstić information content (AvgIpc) is 3.08. The molecule has 0 amide bonds. The third kappa shape index (κ3) is 17.0. The van der Waals surface area contributed by atoms with Gasteiger partial charge in [-0.2, -0.15) is 10.2 Å². The lowest BCUT2D eigenvalue weighted by Crippen LogP contribution is -2.48. The molecule has 0 unspecified atom stereocenters. The number of carbonyl (C=O) groups excluding carboxylic acids is 1. The lowest BCUT2D eigenvalue weighted by Gasteiger charge is -2.35. The van der Waals surface area contributed by atoms with Gasteiger partial charge in [0.1, 0.15) is 5.75 Å². The van der Waals surface area contributed by atoms with Crippen molar-refractivity contribution in [2.75, 3.05) is 39.4 Å². The first kappa shape index (κ1) is 38.5. The maximum absolute atomic E-state index is 12.4. The lowest BCUT2D eigenvalue weighted by atomic mass is 10.0. The van der Waals surface area contributed by atoms with Gasteiger partial charge >= 0.3 is 5.97 Å². The van der Waals surface area contributed by atoms with Crippen LogP contribution in [0.2, 0.25) is 0 Å². The van der Waals surface area contributed by atoms with E-state index >= 15 is 0 Å². The molecule has 45 heavy (non-hydrogen) atoms. The topological polar surface area (TPSA) is 60.2 Å².